The van der Waals surface area contributed by atoms with E-state index in [0.717, 1.165) is 0 Å². The zero-order chi connectivity index (χ0) is 8.27. The molecular weight excluding hydrogens is 142 g/mol. The van der Waals surface area contributed by atoms with E-state index in [-0.39, 0.29) is 12.2 Å². The number of carbonyl (C=O) groups excluding carboxylic acids is 1. The molecule has 0 atom stereocenters. The molecule has 0 saturated carbocycles. The Balaban J connectivity index is 2.78. The van der Waals surface area contributed by atoms with Crippen LogP contribution in [0.25, 0.3) is 0 Å². The second-order valence-electron chi connectivity index (χ2n) is 2.13. The highest BCUT2D eigenvalue weighted by atomic mass is 16.1. The van der Waals surface area contributed by atoms with Crippen molar-refractivity contribution in [1.82, 2.24) is 9.97 Å². The van der Waals surface area contributed by atoms with E-state index in [2.05, 4.69) is 9.97 Å². The van der Waals surface area contributed by atoms with Crippen molar-refractivity contribution < 1.29 is 4.79 Å². The summed E-state index contributed by atoms with van der Waals surface area (Å²) in [5.74, 6) is 0.447. The van der Waals surface area contributed by atoms with Gasteiger partial charge in [0.1, 0.15) is 17.9 Å². The van der Waals surface area contributed by atoms with Crippen molar-refractivity contribution in [2.45, 2.75) is 13.3 Å². The highest BCUT2D eigenvalue weighted by Crippen LogP contribution is 1.98. The highest BCUT2D eigenvalue weighted by Gasteiger charge is 2.07. The number of aromatic amines is 1. The summed E-state index contributed by atoms with van der Waals surface area (Å²) in [6.07, 6.45) is 1.40. The molecule has 0 amide bonds. The molecule has 0 radical (unpaired) electrons. The maximum Gasteiger partial charge on any atom is 0.196 e. The number of nitriles is 1. The fourth-order valence-corrected chi connectivity index (χ4v) is 0.723. The summed E-state index contributed by atoms with van der Waals surface area (Å²) >= 11 is 0. The van der Waals surface area contributed by atoms with Gasteiger partial charge in [-0.15, -0.1) is 0 Å². The third-order valence-electron chi connectivity index (χ3n) is 1.23. The number of nitrogens with zero attached hydrogens (tertiary/aromatic N) is 2. The van der Waals surface area contributed by atoms with E-state index in [1.807, 2.05) is 0 Å². The van der Waals surface area contributed by atoms with Gasteiger partial charge < -0.3 is 4.98 Å². The van der Waals surface area contributed by atoms with E-state index < -0.39 is 0 Å². The number of aromatic nitrogens is 2. The minimum Gasteiger partial charge on any atom is -0.348 e. The van der Waals surface area contributed by atoms with Crippen LogP contribution < -0.4 is 0 Å². The van der Waals surface area contributed by atoms with Crippen LogP contribution in [0.5, 0.6) is 0 Å². The third-order valence-corrected chi connectivity index (χ3v) is 1.23. The molecule has 4 nitrogen and oxygen atoms in total. The quantitative estimate of drug-likeness (QED) is 0.632. The SMILES string of the molecule is Cc1nc(C(=O)CC#N)c[nH]1. The molecule has 1 aromatic rings. The van der Waals surface area contributed by atoms with Gasteiger partial charge in [0.25, 0.3) is 0 Å². The van der Waals surface area contributed by atoms with Gasteiger partial charge in [0.2, 0.25) is 0 Å². The van der Waals surface area contributed by atoms with E-state index in [4.69, 9.17) is 5.26 Å². The summed E-state index contributed by atoms with van der Waals surface area (Å²) in [6, 6.07) is 1.77. The minimum atomic E-state index is -0.239. The van der Waals surface area contributed by atoms with Gasteiger partial charge in [0, 0.05) is 6.20 Å². The second-order valence-corrected chi connectivity index (χ2v) is 2.13. The predicted molar refractivity (Wildman–Crippen MR) is 37.9 cm³/mol. The normalized spacial score (nSPS) is 9.09. The lowest BCUT2D eigenvalue weighted by atomic mass is 10.2. The van der Waals surface area contributed by atoms with Crippen LogP contribution in [0.2, 0.25) is 0 Å². The van der Waals surface area contributed by atoms with Crippen molar-refractivity contribution in [1.29, 1.82) is 5.26 Å². The molecule has 0 aromatic carbocycles. The Morgan fingerprint density at radius 3 is 3.09 bits per heavy atom. The first-order valence-electron chi connectivity index (χ1n) is 3.16. The van der Waals surface area contributed by atoms with Crippen molar-refractivity contribution in [3.8, 4) is 6.07 Å². The van der Waals surface area contributed by atoms with Crippen LogP contribution in [-0.4, -0.2) is 15.8 Å². The van der Waals surface area contributed by atoms with Gasteiger partial charge in [-0.25, -0.2) is 4.98 Å². The molecule has 0 bridgehead atoms. The molecule has 0 unspecified atom stereocenters. The molecule has 56 valence electrons. The fraction of sp³-hybridized carbons (Fsp3) is 0.286. The third kappa shape index (κ3) is 1.64. The van der Waals surface area contributed by atoms with Gasteiger partial charge >= 0.3 is 0 Å². The number of Topliss-reactive ketones (excluding diaryl/α,β-unsaturated/α-hetero) is 1. The first-order chi connectivity index (χ1) is 5.24. The van der Waals surface area contributed by atoms with E-state index in [1.54, 1.807) is 13.0 Å². The predicted octanol–water partition coefficient (Wildman–Crippen LogP) is 0.815. The lowest BCUT2D eigenvalue weighted by Crippen LogP contribution is -1.96. The molecule has 0 aliphatic rings. The molecule has 1 aromatic heterocycles. The average Bonchev–Trinajstić information content (AvgIpc) is 2.36. The van der Waals surface area contributed by atoms with Crippen molar-refractivity contribution in [3.05, 3.63) is 17.7 Å². The Labute approximate surface area is 63.9 Å². The van der Waals surface area contributed by atoms with E-state index >= 15 is 0 Å². The fourth-order valence-electron chi connectivity index (χ4n) is 0.723. The van der Waals surface area contributed by atoms with Crippen LogP contribution in [0.15, 0.2) is 6.20 Å². The molecule has 4 heteroatoms. The number of ketones is 1. The minimum absolute atomic E-state index is 0.107. The van der Waals surface area contributed by atoms with Crippen molar-refractivity contribution in [3.63, 3.8) is 0 Å². The van der Waals surface area contributed by atoms with Gasteiger partial charge in [0.15, 0.2) is 5.78 Å². The molecule has 0 saturated heterocycles. The first kappa shape index (κ1) is 7.48. The van der Waals surface area contributed by atoms with Crippen molar-refractivity contribution >= 4 is 5.78 Å². The molecule has 0 spiro atoms. The van der Waals surface area contributed by atoms with Crippen LogP contribution in [0.3, 0.4) is 0 Å². The van der Waals surface area contributed by atoms with Crippen LogP contribution in [0.4, 0.5) is 0 Å². The Hall–Kier alpha value is -1.63. The van der Waals surface area contributed by atoms with Crippen LogP contribution in [-0.2, 0) is 0 Å². The summed E-state index contributed by atoms with van der Waals surface area (Å²) < 4.78 is 0. The first-order valence-corrected chi connectivity index (χ1v) is 3.16. The van der Waals surface area contributed by atoms with Crippen LogP contribution in [0, 0.1) is 18.3 Å². The molecule has 1 rings (SSSR count). The van der Waals surface area contributed by atoms with Crippen LogP contribution >= 0.6 is 0 Å². The molecular formula is C7H7N3O. The van der Waals surface area contributed by atoms with Gasteiger partial charge in [-0.3, -0.25) is 4.79 Å². The molecule has 0 aliphatic heterocycles. The molecule has 0 aliphatic carbocycles. The zero-order valence-electron chi connectivity index (χ0n) is 6.09. The standard InChI is InChI=1S/C7H7N3O/c1-5-9-4-6(10-5)7(11)2-3-8/h4H,2H2,1H3,(H,9,10). The lowest BCUT2D eigenvalue weighted by molar-refractivity contribution is 0.0993. The number of hydrogen-bond acceptors (Lipinski definition) is 3. The number of hydrogen-bond donors (Lipinski definition) is 1. The zero-order valence-corrected chi connectivity index (χ0v) is 6.09. The topological polar surface area (TPSA) is 69.5 Å². The monoisotopic (exact) mass is 149 g/mol. The number of H-pyrrole nitrogens is 1. The number of rotatable bonds is 2. The second kappa shape index (κ2) is 2.97. The van der Waals surface area contributed by atoms with Gasteiger partial charge in [0.05, 0.1) is 6.07 Å². The Kier molecular flexibility index (Phi) is 2.02. The maximum absolute atomic E-state index is 11.0. The molecule has 0 fully saturated rings. The molecule has 1 N–H and O–H groups in total. The summed E-state index contributed by atoms with van der Waals surface area (Å²) in [7, 11) is 0. The Bertz CT molecular complexity index is 308. The summed E-state index contributed by atoms with van der Waals surface area (Å²) in [6.45, 7) is 1.75. The largest absolute Gasteiger partial charge is 0.348 e. The summed E-state index contributed by atoms with van der Waals surface area (Å²) in [4.78, 5) is 17.6. The van der Waals surface area contributed by atoms with E-state index in [0.29, 0.717) is 11.5 Å². The maximum atomic E-state index is 11.0. The van der Waals surface area contributed by atoms with E-state index in [1.165, 1.54) is 6.20 Å². The molecule has 1 heterocycles. The van der Waals surface area contributed by atoms with Gasteiger partial charge in [-0.2, -0.15) is 5.26 Å². The Morgan fingerprint density at radius 2 is 2.64 bits per heavy atom. The number of imidazole rings is 1. The number of aryl methyl sites for hydroxylation is 1. The van der Waals surface area contributed by atoms with Crippen molar-refractivity contribution in [2.75, 3.05) is 0 Å². The summed E-state index contributed by atoms with van der Waals surface area (Å²) in [5, 5.41) is 8.20. The number of nitrogens with one attached hydrogen (secondary N) is 1. The summed E-state index contributed by atoms with van der Waals surface area (Å²) in [5.41, 5.74) is 0.337. The van der Waals surface area contributed by atoms with Crippen LogP contribution in [0.1, 0.15) is 22.7 Å². The number of carbonyl (C=O) groups is 1. The van der Waals surface area contributed by atoms with E-state index in [9.17, 15) is 4.79 Å². The average molecular weight is 149 g/mol. The Morgan fingerprint density at radius 1 is 1.91 bits per heavy atom. The van der Waals surface area contributed by atoms with Gasteiger partial charge in [-0.05, 0) is 6.92 Å². The van der Waals surface area contributed by atoms with Crippen molar-refractivity contribution in [2.24, 2.45) is 0 Å². The molecule has 11 heavy (non-hydrogen) atoms. The van der Waals surface area contributed by atoms with Gasteiger partial charge in [-0.1, -0.05) is 0 Å². The highest BCUT2D eigenvalue weighted by molar-refractivity contribution is 5.95. The smallest absolute Gasteiger partial charge is 0.196 e. The lowest BCUT2D eigenvalue weighted by Gasteiger charge is -1.84.